The normalized spacial score (nSPS) is 10.7. The number of nitrogens with zero attached hydrogens (tertiary/aromatic N) is 2. The molecule has 0 aliphatic heterocycles. The predicted molar refractivity (Wildman–Crippen MR) is 111 cm³/mol. The van der Waals surface area contributed by atoms with E-state index in [1.54, 1.807) is 25.1 Å². The zero-order valence-corrected chi connectivity index (χ0v) is 16.7. The van der Waals surface area contributed by atoms with Crippen molar-refractivity contribution in [3.8, 4) is 0 Å². The second-order valence-corrected chi connectivity index (χ2v) is 7.43. The number of thiazole rings is 1. The molecule has 1 aromatic heterocycles. The van der Waals surface area contributed by atoms with E-state index in [-0.39, 0.29) is 11.7 Å². The fourth-order valence-electron chi connectivity index (χ4n) is 2.67. The van der Waals surface area contributed by atoms with Crippen LogP contribution in [0.5, 0.6) is 0 Å². The highest BCUT2D eigenvalue weighted by molar-refractivity contribution is 7.22. The summed E-state index contributed by atoms with van der Waals surface area (Å²) in [5, 5.41) is 14.0. The molecule has 0 aliphatic carbocycles. The summed E-state index contributed by atoms with van der Waals surface area (Å²) in [7, 11) is 0. The molecule has 0 aliphatic rings. The van der Waals surface area contributed by atoms with Crippen molar-refractivity contribution >= 4 is 44.2 Å². The van der Waals surface area contributed by atoms with Crippen LogP contribution in [0.1, 0.15) is 46.0 Å². The van der Waals surface area contributed by atoms with Gasteiger partial charge in [0, 0.05) is 17.2 Å². The highest BCUT2D eigenvalue weighted by Gasteiger charge is 2.16. The number of nitro groups is 1. The lowest BCUT2D eigenvalue weighted by atomic mass is 10.1. The number of aromatic nitrogens is 1. The molecular weight excluding hydrogens is 394 g/mol. The van der Waals surface area contributed by atoms with Gasteiger partial charge >= 0.3 is 5.97 Å². The number of hydrogen-bond acceptors (Lipinski definition) is 7. The van der Waals surface area contributed by atoms with Crippen LogP contribution in [0, 0.1) is 17.0 Å². The Morgan fingerprint density at radius 1 is 1.21 bits per heavy atom. The number of hydrogen-bond donors (Lipinski definition) is 1. The third kappa shape index (κ3) is 4.75. The number of unbranched alkanes of at least 4 members (excludes halogenated alkanes) is 1. The molecule has 29 heavy (non-hydrogen) atoms. The standard InChI is InChI=1S/C20H19N3O5S/c1-3-4-9-28-19(25)14-5-7-15-17(11-14)29-20(21-15)22-18(24)13-6-8-16(23(26)27)12(2)10-13/h5-8,10-11H,3-4,9H2,1-2H3,(H,21,22,24). The van der Waals surface area contributed by atoms with Gasteiger partial charge in [0.25, 0.3) is 11.6 Å². The average molecular weight is 413 g/mol. The van der Waals surface area contributed by atoms with Crippen molar-refractivity contribution in [3.05, 3.63) is 63.2 Å². The number of nitrogens with one attached hydrogen (secondary N) is 1. The summed E-state index contributed by atoms with van der Waals surface area (Å²) in [6.07, 6.45) is 1.76. The first-order valence-electron chi connectivity index (χ1n) is 9.03. The minimum absolute atomic E-state index is 0.0418. The van der Waals surface area contributed by atoms with E-state index in [4.69, 9.17) is 4.74 Å². The maximum Gasteiger partial charge on any atom is 0.338 e. The van der Waals surface area contributed by atoms with Crippen molar-refractivity contribution in [2.45, 2.75) is 26.7 Å². The Labute approximate surface area is 170 Å². The van der Waals surface area contributed by atoms with Gasteiger partial charge in [-0.25, -0.2) is 9.78 Å². The first-order valence-corrected chi connectivity index (χ1v) is 9.84. The largest absolute Gasteiger partial charge is 0.462 e. The molecule has 0 fully saturated rings. The first-order chi connectivity index (χ1) is 13.9. The lowest BCUT2D eigenvalue weighted by molar-refractivity contribution is -0.385. The van der Waals surface area contributed by atoms with Crippen LogP contribution in [0.25, 0.3) is 10.2 Å². The van der Waals surface area contributed by atoms with E-state index in [0.29, 0.717) is 33.9 Å². The molecule has 0 spiro atoms. The van der Waals surface area contributed by atoms with Crippen LogP contribution in [0.3, 0.4) is 0 Å². The number of esters is 1. The maximum absolute atomic E-state index is 12.5. The number of carbonyl (C=O) groups is 2. The van der Waals surface area contributed by atoms with Gasteiger partial charge in [0.15, 0.2) is 5.13 Å². The number of ether oxygens (including phenoxy) is 1. The van der Waals surface area contributed by atoms with Gasteiger partial charge in [-0.15, -0.1) is 0 Å². The number of nitro benzene ring substituents is 1. The summed E-state index contributed by atoms with van der Waals surface area (Å²) in [5.41, 5.74) is 1.74. The second-order valence-electron chi connectivity index (χ2n) is 6.40. The molecule has 0 radical (unpaired) electrons. The van der Waals surface area contributed by atoms with Crippen molar-refractivity contribution < 1.29 is 19.2 Å². The van der Waals surface area contributed by atoms with E-state index >= 15 is 0 Å². The van der Waals surface area contributed by atoms with Gasteiger partial charge in [-0.05, 0) is 43.7 Å². The monoisotopic (exact) mass is 413 g/mol. The van der Waals surface area contributed by atoms with Gasteiger partial charge in [0.2, 0.25) is 0 Å². The molecule has 1 N–H and O–H groups in total. The topological polar surface area (TPSA) is 111 Å². The molecule has 0 unspecified atom stereocenters. The molecule has 0 saturated carbocycles. The summed E-state index contributed by atoms with van der Waals surface area (Å²) in [6.45, 7) is 3.98. The number of benzene rings is 2. The molecule has 1 heterocycles. The summed E-state index contributed by atoms with van der Waals surface area (Å²) in [4.78, 5) is 39.3. The Morgan fingerprint density at radius 2 is 1.97 bits per heavy atom. The van der Waals surface area contributed by atoms with Crippen molar-refractivity contribution in [2.75, 3.05) is 11.9 Å². The first kappa shape index (κ1) is 20.4. The van der Waals surface area contributed by atoms with E-state index in [2.05, 4.69) is 10.3 Å². The van der Waals surface area contributed by atoms with Crippen LogP contribution in [0.15, 0.2) is 36.4 Å². The minimum Gasteiger partial charge on any atom is -0.462 e. The van der Waals surface area contributed by atoms with E-state index in [9.17, 15) is 19.7 Å². The molecule has 1 amide bonds. The number of fused-ring (bicyclic) bond motifs is 1. The Morgan fingerprint density at radius 3 is 2.66 bits per heavy atom. The second kappa shape index (κ2) is 8.78. The van der Waals surface area contributed by atoms with Crippen LogP contribution < -0.4 is 5.32 Å². The summed E-state index contributed by atoms with van der Waals surface area (Å²) >= 11 is 1.23. The summed E-state index contributed by atoms with van der Waals surface area (Å²) < 4.78 is 5.95. The van der Waals surface area contributed by atoms with Gasteiger partial charge < -0.3 is 4.74 Å². The third-order valence-electron chi connectivity index (χ3n) is 4.23. The third-order valence-corrected chi connectivity index (χ3v) is 5.16. The molecular formula is C20H19N3O5S. The molecule has 0 bridgehead atoms. The van der Waals surface area contributed by atoms with Gasteiger partial charge in [-0.1, -0.05) is 24.7 Å². The summed E-state index contributed by atoms with van der Waals surface area (Å²) in [5.74, 6) is -0.804. The van der Waals surface area contributed by atoms with Gasteiger partial charge in [0.1, 0.15) is 0 Å². The Bertz CT molecular complexity index is 1090. The van der Waals surface area contributed by atoms with Crippen molar-refractivity contribution in [3.63, 3.8) is 0 Å². The van der Waals surface area contributed by atoms with Crippen LogP contribution in [0.4, 0.5) is 10.8 Å². The fourth-order valence-corrected chi connectivity index (χ4v) is 3.57. The minimum atomic E-state index is -0.491. The van der Waals surface area contributed by atoms with E-state index in [1.807, 2.05) is 6.92 Å². The van der Waals surface area contributed by atoms with E-state index in [0.717, 1.165) is 17.5 Å². The molecule has 3 aromatic rings. The van der Waals surface area contributed by atoms with Gasteiger partial charge in [-0.2, -0.15) is 0 Å². The quantitative estimate of drug-likeness (QED) is 0.260. The highest BCUT2D eigenvalue weighted by atomic mass is 32.1. The van der Waals surface area contributed by atoms with Crippen LogP contribution >= 0.6 is 11.3 Å². The Balaban J connectivity index is 1.75. The van der Waals surface area contributed by atoms with Gasteiger partial charge in [-0.3, -0.25) is 20.2 Å². The number of amides is 1. The molecule has 0 saturated heterocycles. The van der Waals surface area contributed by atoms with Crippen molar-refractivity contribution in [2.24, 2.45) is 0 Å². The van der Waals surface area contributed by atoms with Gasteiger partial charge in [0.05, 0.1) is 27.3 Å². The van der Waals surface area contributed by atoms with Crippen LogP contribution in [-0.4, -0.2) is 28.4 Å². The molecule has 9 heteroatoms. The lowest BCUT2D eigenvalue weighted by Crippen LogP contribution is -2.12. The van der Waals surface area contributed by atoms with E-state index < -0.39 is 10.8 Å². The van der Waals surface area contributed by atoms with Crippen LogP contribution in [0.2, 0.25) is 0 Å². The number of carbonyl (C=O) groups excluding carboxylic acids is 2. The lowest BCUT2D eigenvalue weighted by Gasteiger charge is -2.03. The van der Waals surface area contributed by atoms with Crippen molar-refractivity contribution in [1.82, 2.24) is 4.98 Å². The predicted octanol–water partition coefficient (Wildman–Crippen LogP) is 4.72. The fraction of sp³-hybridized carbons (Fsp3) is 0.250. The molecule has 3 rings (SSSR count). The zero-order chi connectivity index (χ0) is 21.0. The number of aryl methyl sites for hydroxylation is 1. The molecule has 2 aromatic carbocycles. The summed E-state index contributed by atoms with van der Waals surface area (Å²) in [6, 6.07) is 9.20. The Kier molecular flexibility index (Phi) is 6.18. The SMILES string of the molecule is CCCCOC(=O)c1ccc2nc(NC(=O)c3ccc([N+](=O)[O-])c(C)c3)sc2c1. The van der Waals surface area contributed by atoms with E-state index in [1.165, 1.54) is 29.5 Å². The smallest absolute Gasteiger partial charge is 0.338 e. The zero-order valence-electron chi connectivity index (χ0n) is 15.9. The van der Waals surface area contributed by atoms with Crippen molar-refractivity contribution in [1.29, 1.82) is 0 Å². The molecule has 150 valence electrons. The molecule has 8 nitrogen and oxygen atoms in total. The Hall–Kier alpha value is -3.33. The maximum atomic E-state index is 12.5. The van der Waals surface area contributed by atoms with Crippen LogP contribution in [-0.2, 0) is 4.74 Å². The average Bonchev–Trinajstić information content (AvgIpc) is 3.08. The highest BCUT2D eigenvalue weighted by Crippen LogP contribution is 2.28. The molecule has 0 atom stereocenters. The number of anilines is 1. The number of rotatable bonds is 7.